The summed E-state index contributed by atoms with van der Waals surface area (Å²) >= 11 is 0. The largest absolute Gasteiger partial charge is 0.480 e. The molecule has 2 heterocycles. The smallest absolute Gasteiger partial charge is 0.326 e. The lowest BCUT2D eigenvalue weighted by molar-refractivity contribution is -0.145. The minimum absolute atomic E-state index is 0.161. The Morgan fingerprint density at radius 3 is 2.48 bits per heavy atom. The number of hydrogen-bond donors (Lipinski definition) is 3. The van der Waals surface area contributed by atoms with Gasteiger partial charge in [0.2, 0.25) is 5.91 Å². The van der Waals surface area contributed by atoms with Gasteiger partial charge >= 0.3 is 5.97 Å². The van der Waals surface area contributed by atoms with Crippen molar-refractivity contribution < 1.29 is 19.4 Å². The zero-order chi connectivity index (χ0) is 22.7. The van der Waals surface area contributed by atoms with E-state index in [0.717, 1.165) is 56.5 Å². The molecule has 1 unspecified atom stereocenters. The Morgan fingerprint density at radius 2 is 1.84 bits per heavy atom. The molecule has 1 atom stereocenters. The van der Waals surface area contributed by atoms with Crippen molar-refractivity contribution in [3.05, 3.63) is 23.4 Å². The second-order valence-corrected chi connectivity index (χ2v) is 8.76. The minimum Gasteiger partial charge on any atom is -0.480 e. The van der Waals surface area contributed by atoms with Crippen LogP contribution in [0.5, 0.6) is 0 Å². The molecule has 2 rings (SSSR count). The van der Waals surface area contributed by atoms with Crippen molar-refractivity contribution in [2.24, 2.45) is 5.41 Å². The Labute approximate surface area is 186 Å². The van der Waals surface area contributed by atoms with Gasteiger partial charge < -0.3 is 20.5 Å². The van der Waals surface area contributed by atoms with Gasteiger partial charge in [-0.1, -0.05) is 45.6 Å². The van der Waals surface area contributed by atoms with E-state index < -0.39 is 17.4 Å². The highest BCUT2D eigenvalue weighted by atomic mass is 16.5. The number of anilines is 1. The summed E-state index contributed by atoms with van der Waals surface area (Å²) in [6, 6.07) is 3.45. The molecule has 1 aromatic heterocycles. The summed E-state index contributed by atoms with van der Waals surface area (Å²) in [6.07, 6.45) is 8.65. The molecule has 0 spiro atoms. The number of nitrogens with zero attached hydrogens (tertiary/aromatic N) is 1. The molecule has 3 N–H and O–H groups in total. The molecule has 0 radical (unpaired) electrons. The van der Waals surface area contributed by atoms with Gasteiger partial charge in [-0.3, -0.25) is 4.79 Å². The number of aliphatic carboxylic acids is 1. The van der Waals surface area contributed by atoms with Gasteiger partial charge in [0.1, 0.15) is 11.9 Å². The fraction of sp³-hybridized carbons (Fsp3) is 0.708. The quantitative estimate of drug-likeness (QED) is 0.407. The minimum atomic E-state index is -0.953. The van der Waals surface area contributed by atoms with Crippen molar-refractivity contribution in [2.45, 2.75) is 84.1 Å². The number of rotatable bonds is 13. The summed E-state index contributed by atoms with van der Waals surface area (Å²) < 4.78 is 5.33. The Balaban J connectivity index is 1.66. The van der Waals surface area contributed by atoms with Crippen LogP contribution in [-0.4, -0.2) is 48.3 Å². The Kier molecular flexibility index (Phi) is 10.2. The van der Waals surface area contributed by atoms with E-state index in [1.165, 1.54) is 5.56 Å². The molecule has 1 aliphatic heterocycles. The third-order valence-electron chi connectivity index (χ3n) is 6.33. The molecular weight excluding hydrogens is 394 g/mol. The van der Waals surface area contributed by atoms with E-state index in [-0.39, 0.29) is 5.91 Å². The second-order valence-electron chi connectivity index (χ2n) is 8.76. The van der Waals surface area contributed by atoms with Crippen molar-refractivity contribution in [1.82, 2.24) is 10.3 Å². The highest BCUT2D eigenvalue weighted by molar-refractivity contribution is 5.87. The van der Waals surface area contributed by atoms with Crippen molar-refractivity contribution in [3.63, 3.8) is 0 Å². The molecule has 1 fully saturated rings. The number of carbonyl (C=O) groups excluding carboxylic acids is 1. The molecular formula is C24H39N3O4. The van der Waals surface area contributed by atoms with Gasteiger partial charge in [0.25, 0.3) is 0 Å². The monoisotopic (exact) mass is 433 g/mol. The van der Waals surface area contributed by atoms with Crippen LogP contribution in [0.1, 0.15) is 76.5 Å². The molecule has 0 aliphatic carbocycles. The standard InChI is InChI=1S/C24H39N3O4/c1-4-18-12-13-19(26-21(18)25-3)10-8-6-5-7-9-11-20(22(28)29)27-23(30)24(2)14-16-31-17-15-24/h12-13,20H,4-11,14-17H2,1-3H3,(H,25,26)(H,27,30)(H,28,29). The lowest BCUT2D eigenvalue weighted by atomic mass is 9.81. The zero-order valence-corrected chi connectivity index (χ0v) is 19.3. The van der Waals surface area contributed by atoms with E-state index in [2.05, 4.69) is 34.7 Å². The average molecular weight is 434 g/mol. The summed E-state index contributed by atoms with van der Waals surface area (Å²) in [5, 5.41) is 15.4. The Bertz CT molecular complexity index is 717. The molecule has 0 saturated carbocycles. The van der Waals surface area contributed by atoms with Crippen LogP contribution in [0.3, 0.4) is 0 Å². The summed E-state index contributed by atoms with van der Waals surface area (Å²) in [4.78, 5) is 28.9. The number of aromatic nitrogens is 1. The molecule has 1 saturated heterocycles. The summed E-state index contributed by atoms with van der Waals surface area (Å²) in [6.45, 7) is 5.13. The van der Waals surface area contributed by atoms with E-state index in [9.17, 15) is 14.7 Å². The van der Waals surface area contributed by atoms with Crippen LogP contribution >= 0.6 is 0 Å². The lowest BCUT2D eigenvalue weighted by Gasteiger charge is -2.33. The van der Waals surface area contributed by atoms with Crippen molar-refractivity contribution in [2.75, 3.05) is 25.6 Å². The molecule has 7 heteroatoms. The van der Waals surface area contributed by atoms with E-state index in [4.69, 9.17) is 4.74 Å². The van der Waals surface area contributed by atoms with Crippen LogP contribution in [0.4, 0.5) is 5.82 Å². The molecule has 31 heavy (non-hydrogen) atoms. The summed E-state index contributed by atoms with van der Waals surface area (Å²) in [5.74, 6) is -0.145. The normalized spacial score (nSPS) is 16.5. The Morgan fingerprint density at radius 1 is 1.16 bits per heavy atom. The summed E-state index contributed by atoms with van der Waals surface area (Å²) in [5.41, 5.74) is 1.82. The summed E-state index contributed by atoms with van der Waals surface area (Å²) in [7, 11) is 1.90. The molecule has 7 nitrogen and oxygen atoms in total. The van der Waals surface area contributed by atoms with Gasteiger partial charge in [-0.05, 0) is 50.2 Å². The number of carboxylic acid groups (broad SMARTS) is 1. The van der Waals surface area contributed by atoms with Gasteiger partial charge in [0.05, 0.1) is 5.41 Å². The van der Waals surface area contributed by atoms with E-state index >= 15 is 0 Å². The van der Waals surface area contributed by atoms with Crippen LogP contribution in [0.2, 0.25) is 0 Å². The first kappa shape index (κ1) is 25.1. The first-order valence-electron chi connectivity index (χ1n) is 11.7. The maximum Gasteiger partial charge on any atom is 0.326 e. The van der Waals surface area contributed by atoms with Gasteiger partial charge in [-0.25, -0.2) is 9.78 Å². The third kappa shape index (κ3) is 7.80. The van der Waals surface area contributed by atoms with Crippen molar-refractivity contribution >= 4 is 17.7 Å². The fourth-order valence-corrected chi connectivity index (χ4v) is 3.99. The highest BCUT2D eigenvalue weighted by Gasteiger charge is 2.37. The van der Waals surface area contributed by atoms with Crippen LogP contribution in [0.25, 0.3) is 0 Å². The number of hydrogen-bond acceptors (Lipinski definition) is 5. The maximum absolute atomic E-state index is 12.6. The molecule has 1 aliphatic rings. The van der Waals surface area contributed by atoms with Gasteiger partial charge in [-0.2, -0.15) is 0 Å². The van der Waals surface area contributed by atoms with Crippen LogP contribution in [-0.2, 0) is 27.2 Å². The van der Waals surface area contributed by atoms with Crippen LogP contribution in [0, 0.1) is 5.41 Å². The number of pyridine rings is 1. The Hall–Kier alpha value is -2.15. The number of nitrogens with one attached hydrogen (secondary N) is 2. The van der Waals surface area contributed by atoms with E-state index in [1.807, 2.05) is 14.0 Å². The first-order chi connectivity index (χ1) is 14.9. The van der Waals surface area contributed by atoms with Gasteiger partial charge in [0, 0.05) is 26.0 Å². The first-order valence-corrected chi connectivity index (χ1v) is 11.7. The van der Waals surface area contributed by atoms with Crippen LogP contribution in [0.15, 0.2) is 12.1 Å². The number of aryl methyl sites for hydroxylation is 2. The molecule has 0 bridgehead atoms. The average Bonchev–Trinajstić information content (AvgIpc) is 2.77. The topological polar surface area (TPSA) is 101 Å². The fourth-order valence-electron chi connectivity index (χ4n) is 3.99. The SMILES string of the molecule is CCc1ccc(CCCCCCCC(NC(=O)C2(C)CCOCC2)C(=O)O)nc1NC. The number of unbranched alkanes of at least 4 members (excludes halogenated alkanes) is 4. The zero-order valence-electron chi connectivity index (χ0n) is 19.3. The van der Waals surface area contributed by atoms with Crippen molar-refractivity contribution in [1.29, 1.82) is 0 Å². The lowest BCUT2D eigenvalue weighted by Crippen LogP contribution is -2.49. The third-order valence-corrected chi connectivity index (χ3v) is 6.33. The van der Waals surface area contributed by atoms with Gasteiger partial charge in [-0.15, -0.1) is 0 Å². The molecule has 1 aromatic rings. The molecule has 174 valence electrons. The van der Waals surface area contributed by atoms with Gasteiger partial charge in [0.15, 0.2) is 0 Å². The number of carboxylic acids is 1. The second kappa shape index (κ2) is 12.6. The van der Waals surface area contributed by atoms with Crippen molar-refractivity contribution in [3.8, 4) is 0 Å². The maximum atomic E-state index is 12.6. The molecule has 1 amide bonds. The predicted molar refractivity (Wildman–Crippen MR) is 122 cm³/mol. The van der Waals surface area contributed by atoms with E-state index in [0.29, 0.717) is 32.5 Å². The number of amides is 1. The number of carbonyl (C=O) groups is 2. The molecule has 0 aromatic carbocycles. The highest BCUT2D eigenvalue weighted by Crippen LogP contribution is 2.30. The van der Waals surface area contributed by atoms with Crippen LogP contribution < -0.4 is 10.6 Å². The predicted octanol–water partition coefficient (Wildman–Crippen LogP) is 3.95. The van der Waals surface area contributed by atoms with E-state index in [1.54, 1.807) is 0 Å². The number of ether oxygens (including phenoxy) is 1.